The highest BCUT2D eigenvalue weighted by Crippen LogP contribution is 2.34. The summed E-state index contributed by atoms with van der Waals surface area (Å²) in [5, 5.41) is 7.25. The predicted molar refractivity (Wildman–Crippen MR) is 64.7 cm³/mol. The number of hydrogen-bond donors (Lipinski definition) is 1. The van der Waals surface area contributed by atoms with Gasteiger partial charge in [0.05, 0.1) is 5.92 Å². The normalized spacial score (nSPS) is 24.9. The van der Waals surface area contributed by atoms with Crippen LogP contribution in [-0.4, -0.2) is 33.5 Å². The molecule has 1 N–H and O–H groups in total. The van der Waals surface area contributed by atoms with Gasteiger partial charge < -0.3 is 5.32 Å². The number of alkyl halides is 3. The van der Waals surface area contributed by atoms with Gasteiger partial charge in [-0.1, -0.05) is 0 Å². The maximum Gasteiger partial charge on any atom is 0.391 e. The molecule has 4 nitrogen and oxygen atoms in total. The maximum absolute atomic E-state index is 12.7. The molecule has 1 saturated heterocycles. The van der Waals surface area contributed by atoms with Crippen molar-refractivity contribution >= 4 is 0 Å². The quantitative estimate of drug-likeness (QED) is 0.921. The number of halogens is 3. The van der Waals surface area contributed by atoms with Crippen LogP contribution in [0, 0.1) is 5.92 Å². The lowest BCUT2D eigenvalue weighted by Crippen LogP contribution is -2.44. The van der Waals surface area contributed by atoms with Crippen molar-refractivity contribution in [3.63, 3.8) is 0 Å². The van der Waals surface area contributed by atoms with Gasteiger partial charge in [-0.15, -0.1) is 0 Å². The molecule has 0 spiro atoms. The highest BCUT2D eigenvalue weighted by Gasteiger charge is 2.42. The Morgan fingerprint density at radius 2 is 2.21 bits per heavy atom. The molecule has 0 amide bonds. The van der Waals surface area contributed by atoms with Crippen LogP contribution in [0.3, 0.4) is 0 Å². The molecule has 0 bridgehead atoms. The summed E-state index contributed by atoms with van der Waals surface area (Å²) in [7, 11) is 0. The molecular formula is C12H19F3N4. The lowest BCUT2D eigenvalue weighted by Gasteiger charge is -2.31. The van der Waals surface area contributed by atoms with Crippen LogP contribution >= 0.6 is 0 Å². The minimum Gasteiger partial charge on any atom is -0.313 e. The first-order valence-corrected chi connectivity index (χ1v) is 6.56. The number of piperidine rings is 1. The van der Waals surface area contributed by atoms with E-state index in [0.29, 0.717) is 13.0 Å². The Labute approximate surface area is 110 Å². The summed E-state index contributed by atoms with van der Waals surface area (Å²) < 4.78 is 40.0. The molecule has 2 rings (SSSR count). The molecule has 108 valence electrons. The summed E-state index contributed by atoms with van der Waals surface area (Å²) in [5.41, 5.74) is 0. The van der Waals surface area contributed by atoms with Crippen LogP contribution in [0.5, 0.6) is 0 Å². The molecule has 19 heavy (non-hydrogen) atoms. The van der Waals surface area contributed by atoms with Crippen molar-refractivity contribution in [2.24, 2.45) is 5.92 Å². The Balaban J connectivity index is 2.01. The molecule has 0 aromatic carbocycles. The van der Waals surface area contributed by atoms with Gasteiger partial charge in [-0.25, -0.2) is 9.67 Å². The second-order valence-electron chi connectivity index (χ2n) is 5.33. The Hall–Kier alpha value is -1.11. The summed E-state index contributed by atoms with van der Waals surface area (Å²) in [6, 6.07) is -0.0124. The van der Waals surface area contributed by atoms with Crippen LogP contribution in [0.1, 0.15) is 38.6 Å². The van der Waals surface area contributed by atoms with E-state index < -0.39 is 12.1 Å². The molecular weight excluding hydrogens is 257 g/mol. The third-order valence-corrected chi connectivity index (χ3v) is 3.52. The first-order chi connectivity index (χ1) is 8.88. The van der Waals surface area contributed by atoms with Crippen molar-refractivity contribution in [1.29, 1.82) is 0 Å². The summed E-state index contributed by atoms with van der Waals surface area (Å²) in [4.78, 5) is 4.15. The largest absolute Gasteiger partial charge is 0.391 e. The molecule has 2 unspecified atom stereocenters. The number of nitrogens with one attached hydrogen (secondary N) is 1. The Bertz CT molecular complexity index is 413. The fraction of sp³-hybridized carbons (Fsp3) is 0.833. The van der Waals surface area contributed by atoms with E-state index in [4.69, 9.17) is 0 Å². The monoisotopic (exact) mass is 276 g/mol. The van der Waals surface area contributed by atoms with Gasteiger partial charge in [-0.05, 0) is 33.2 Å². The molecule has 1 aromatic rings. The van der Waals surface area contributed by atoms with E-state index in [9.17, 15) is 13.2 Å². The zero-order chi connectivity index (χ0) is 14.0. The van der Waals surface area contributed by atoms with Crippen molar-refractivity contribution in [1.82, 2.24) is 20.1 Å². The van der Waals surface area contributed by atoms with E-state index in [1.165, 1.54) is 6.33 Å². The van der Waals surface area contributed by atoms with E-state index in [1.807, 2.05) is 13.8 Å². The topological polar surface area (TPSA) is 42.7 Å². The second-order valence-corrected chi connectivity index (χ2v) is 5.33. The van der Waals surface area contributed by atoms with Crippen LogP contribution in [-0.2, 0) is 6.42 Å². The summed E-state index contributed by atoms with van der Waals surface area (Å²) in [6.45, 7) is 4.36. The van der Waals surface area contributed by atoms with Gasteiger partial charge in [-0.2, -0.15) is 18.3 Å². The van der Waals surface area contributed by atoms with E-state index in [1.54, 1.807) is 4.68 Å². The molecule has 0 radical (unpaired) electrons. The van der Waals surface area contributed by atoms with Crippen LogP contribution in [0.4, 0.5) is 13.2 Å². The first kappa shape index (κ1) is 14.3. The maximum atomic E-state index is 12.7. The van der Waals surface area contributed by atoms with Gasteiger partial charge in [0.25, 0.3) is 0 Å². The second kappa shape index (κ2) is 5.48. The smallest absolute Gasteiger partial charge is 0.313 e. The Morgan fingerprint density at radius 1 is 1.47 bits per heavy atom. The molecule has 7 heteroatoms. The molecule has 2 atom stereocenters. The van der Waals surface area contributed by atoms with Crippen LogP contribution in [0.25, 0.3) is 0 Å². The zero-order valence-electron chi connectivity index (χ0n) is 11.1. The van der Waals surface area contributed by atoms with Gasteiger partial charge in [0.2, 0.25) is 0 Å². The minimum absolute atomic E-state index is 0.119. The molecule has 0 aliphatic carbocycles. The molecule has 2 heterocycles. The molecule has 1 fully saturated rings. The highest BCUT2D eigenvalue weighted by atomic mass is 19.4. The van der Waals surface area contributed by atoms with E-state index in [2.05, 4.69) is 15.4 Å². The lowest BCUT2D eigenvalue weighted by atomic mass is 9.90. The third kappa shape index (κ3) is 3.46. The lowest BCUT2D eigenvalue weighted by molar-refractivity contribution is -0.183. The summed E-state index contributed by atoms with van der Waals surface area (Å²) >= 11 is 0. The Kier molecular flexibility index (Phi) is 4.13. The summed E-state index contributed by atoms with van der Waals surface area (Å²) in [6.07, 6.45) is -1.86. The zero-order valence-corrected chi connectivity index (χ0v) is 11.1. The average Bonchev–Trinajstić information content (AvgIpc) is 2.76. The molecule has 0 saturated carbocycles. The van der Waals surface area contributed by atoms with Crippen LogP contribution in [0.15, 0.2) is 6.33 Å². The van der Waals surface area contributed by atoms with Crippen molar-refractivity contribution in [3.05, 3.63) is 12.2 Å². The fourth-order valence-corrected chi connectivity index (χ4v) is 2.53. The molecule has 1 aliphatic heterocycles. The van der Waals surface area contributed by atoms with Crippen LogP contribution < -0.4 is 5.32 Å². The summed E-state index contributed by atoms with van der Waals surface area (Å²) in [5.74, 6) is -0.454. The van der Waals surface area contributed by atoms with Gasteiger partial charge in [0, 0.05) is 18.5 Å². The third-order valence-electron chi connectivity index (χ3n) is 3.52. The first-order valence-electron chi connectivity index (χ1n) is 6.56. The number of aromatic nitrogens is 3. The van der Waals surface area contributed by atoms with Crippen molar-refractivity contribution in [3.8, 4) is 0 Å². The number of hydrogen-bond acceptors (Lipinski definition) is 3. The molecule has 1 aromatic heterocycles. The predicted octanol–water partition coefficient (Wildman–Crippen LogP) is 2.33. The highest BCUT2D eigenvalue weighted by molar-refractivity contribution is 4.94. The molecule has 1 aliphatic rings. The average molecular weight is 276 g/mol. The van der Waals surface area contributed by atoms with Gasteiger partial charge >= 0.3 is 6.18 Å². The van der Waals surface area contributed by atoms with Crippen molar-refractivity contribution < 1.29 is 13.2 Å². The number of nitrogens with zero attached hydrogens (tertiary/aromatic N) is 3. The van der Waals surface area contributed by atoms with E-state index in [0.717, 1.165) is 5.82 Å². The van der Waals surface area contributed by atoms with E-state index in [-0.39, 0.29) is 24.9 Å². The fourth-order valence-electron chi connectivity index (χ4n) is 2.53. The minimum atomic E-state index is -4.09. The number of rotatable bonds is 3. The Morgan fingerprint density at radius 3 is 2.84 bits per heavy atom. The van der Waals surface area contributed by atoms with E-state index >= 15 is 0 Å². The van der Waals surface area contributed by atoms with Crippen LogP contribution in [0.2, 0.25) is 0 Å². The van der Waals surface area contributed by atoms with Gasteiger partial charge in [0.15, 0.2) is 0 Å². The van der Waals surface area contributed by atoms with Gasteiger partial charge in [0.1, 0.15) is 12.2 Å². The van der Waals surface area contributed by atoms with Crippen molar-refractivity contribution in [2.45, 2.75) is 51.4 Å². The van der Waals surface area contributed by atoms with Gasteiger partial charge in [-0.3, -0.25) is 0 Å². The SMILES string of the molecule is CC(C)n1ncnc1CC1CC(C(F)(F)F)CCN1. The standard InChI is InChI=1S/C12H19F3N4/c1-8(2)19-11(17-7-18-19)6-10-5-9(3-4-16-10)12(13,14)15/h7-10,16H,3-6H2,1-2H3. The van der Waals surface area contributed by atoms with Crippen molar-refractivity contribution in [2.75, 3.05) is 6.54 Å².